The topological polar surface area (TPSA) is 42.0 Å². The van der Waals surface area contributed by atoms with Crippen molar-refractivity contribution in [1.82, 2.24) is 0 Å². The van der Waals surface area contributed by atoms with E-state index in [1.54, 1.807) is 0 Å². The van der Waals surface area contributed by atoms with Gasteiger partial charge < -0.3 is 14.6 Å². The van der Waals surface area contributed by atoms with Crippen LogP contribution in [0.2, 0.25) is 0 Å². The lowest BCUT2D eigenvalue weighted by atomic mass is 10.0. The second-order valence-corrected chi connectivity index (χ2v) is 8.52. The Hall–Kier alpha value is -1.68. The number of aliphatic hydroxyl groups is 1. The van der Waals surface area contributed by atoms with E-state index in [0.29, 0.717) is 12.2 Å². The van der Waals surface area contributed by atoms with E-state index < -0.39 is 0 Å². The number of benzene rings is 2. The van der Waals surface area contributed by atoms with E-state index in [2.05, 4.69) is 48.5 Å². The number of epoxide rings is 1. The third-order valence-electron chi connectivity index (χ3n) is 6.26. The smallest absolute Gasteiger partial charge is 0.109 e. The summed E-state index contributed by atoms with van der Waals surface area (Å²) in [6, 6.07) is 17.1. The van der Waals surface area contributed by atoms with Crippen molar-refractivity contribution in [2.75, 3.05) is 13.2 Å². The molecule has 0 amide bonds. The molecule has 0 bridgehead atoms. The summed E-state index contributed by atoms with van der Waals surface area (Å²) in [6.07, 6.45) is 11.3. The maximum absolute atomic E-state index is 9.54. The van der Waals surface area contributed by atoms with Crippen LogP contribution in [0.4, 0.5) is 0 Å². The van der Waals surface area contributed by atoms with E-state index in [0.717, 1.165) is 38.9 Å². The summed E-state index contributed by atoms with van der Waals surface area (Å²) in [5.74, 6) is 0. The first-order chi connectivity index (χ1) is 14.3. The molecule has 2 aromatic rings. The minimum Gasteiger partial charge on any atom is -0.393 e. The molecule has 3 heteroatoms. The molecule has 2 aromatic carbocycles. The molecule has 2 aliphatic carbocycles. The summed E-state index contributed by atoms with van der Waals surface area (Å²) in [5, 5.41) is 9.54. The van der Waals surface area contributed by atoms with Crippen LogP contribution in [-0.2, 0) is 28.7 Å². The number of hydrogen-bond acceptors (Lipinski definition) is 3. The number of fused-ring (bicyclic) bond motifs is 4. The standard InChI is InChI=1S/C11H12O.C11H14O.C4H8O/c1-2-6-9-8(4-1)5-3-7-10-11(9)12-10;12-11-7-3-6-9-4-1-2-5-10(9)8-11;1-2-4-5-3-1/h1-2,4,6,10-11H,3,5,7H2;1-2,4-5,11-12H,3,6-8H2;1-4H2. The normalized spacial score (nSPS) is 26.7. The molecule has 1 N–H and O–H groups in total. The third kappa shape index (κ3) is 5.91. The molecule has 2 fully saturated rings. The summed E-state index contributed by atoms with van der Waals surface area (Å²) in [4.78, 5) is 0. The van der Waals surface area contributed by atoms with E-state index >= 15 is 0 Å². The van der Waals surface area contributed by atoms with Crippen LogP contribution in [-0.4, -0.2) is 30.5 Å². The number of hydrogen-bond donors (Lipinski definition) is 1. The molecule has 3 nitrogen and oxygen atoms in total. The van der Waals surface area contributed by atoms with Gasteiger partial charge in [-0.05, 0) is 80.0 Å². The maximum atomic E-state index is 9.54. The summed E-state index contributed by atoms with van der Waals surface area (Å²) >= 11 is 0. The molecule has 0 radical (unpaired) electrons. The molecule has 4 aliphatic rings. The van der Waals surface area contributed by atoms with Gasteiger partial charge in [0.1, 0.15) is 6.10 Å². The van der Waals surface area contributed by atoms with Gasteiger partial charge in [-0.1, -0.05) is 48.5 Å². The summed E-state index contributed by atoms with van der Waals surface area (Å²) in [6.45, 7) is 2.00. The lowest BCUT2D eigenvalue weighted by Gasteiger charge is -2.06. The van der Waals surface area contributed by atoms with Crippen LogP contribution in [0.3, 0.4) is 0 Å². The average Bonchev–Trinajstić information content (AvgIpc) is 3.35. The van der Waals surface area contributed by atoms with Crippen molar-refractivity contribution in [3.63, 3.8) is 0 Å². The van der Waals surface area contributed by atoms with Crippen molar-refractivity contribution in [3.05, 3.63) is 70.8 Å². The minimum atomic E-state index is -0.117. The highest BCUT2D eigenvalue weighted by atomic mass is 16.6. The van der Waals surface area contributed by atoms with Crippen LogP contribution in [0.5, 0.6) is 0 Å². The quantitative estimate of drug-likeness (QED) is 0.494. The fraction of sp³-hybridized carbons (Fsp3) is 0.538. The Balaban J connectivity index is 0.000000115. The molecule has 156 valence electrons. The Kier molecular flexibility index (Phi) is 7.37. The van der Waals surface area contributed by atoms with Crippen LogP contribution in [0.15, 0.2) is 48.5 Å². The molecule has 29 heavy (non-hydrogen) atoms. The molecular formula is C26H34O3. The van der Waals surface area contributed by atoms with Gasteiger partial charge in [-0.2, -0.15) is 0 Å². The van der Waals surface area contributed by atoms with Crippen molar-refractivity contribution in [2.45, 2.75) is 76.1 Å². The van der Waals surface area contributed by atoms with Crippen LogP contribution in [0, 0.1) is 0 Å². The summed E-state index contributed by atoms with van der Waals surface area (Å²) in [7, 11) is 0. The van der Waals surface area contributed by atoms with Crippen LogP contribution < -0.4 is 0 Å². The van der Waals surface area contributed by atoms with Crippen molar-refractivity contribution in [1.29, 1.82) is 0 Å². The summed E-state index contributed by atoms with van der Waals surface area (Å²) in [5.41, 5.74) is 5.71. The Morgan fingerprint density at radius 2 is 1.38 bits per heavy atom. The number of rotatable bonds is 0. The van der Waals surface area contributed by atoms with Crippen molar-refractivity contribution in [3.8, 4) is 0 Å². The van der Waals surface area contributed by atoms with Gasteiger partial charge in [-0.25, -0.2) is 0 Å². The molecular weight excluding hydrogens is 360 g/mol. The van der Waals surface area contributed by atoms with Gasteiger partial charge in [-0.3, -0.25) is 0 Å². The molecule has 0 spiro atoms. The van der Waals surface area contributed by atoms with Gasteiger partial charge in [0.2, 0.25) is 0 Å². The molecule has 2 aliphatic heterocycles. The predicted octanol–water partition coefficient (Wildman–Crippen LogP) is 5.19. The molecule has 3 atom stereocenters. The lowest BCUT2D eigenvalue weighted by molar-refractivity contribution is 0.165. The van der Waals surface area contributed by atoms with Crippen LogP contribution >= 0.6 is 0 Å². The minimum absolute atomic E-state index is 0.117. The van der Waals surface area contributed by atoms with E-state index in [9.17, 15) is 5.11 Å². The SMILES string of the molecule is C1CCOC1.OC1CCCc2ccccc2C1.c1ccc2c(c1)CCCC1OC21. The van der Waals surface area contributed by atoms with Gasteiger partial charge in [0, 0.05) is 13.2 Å². The van der Waals surface area contributed by atoms with Gasteiger partial charge in [-0.15, -0.1) is 0 Å². The number of ether oxygens (including phenoxy) is 2. The molecule has 2 saturated heterocycles. The van der Waals surface area contributed by atoms with Crippen LogP contribution in [0.1, 0.15) is 66.9 Å². The molecule has 0 saturated carbocycles. The van der Waals surface area contributed by atoms with Crippen LogP contribution in [0.25, 0.3) is 0 Å². The van der Waals surface area contributed by atoms with E-state index in [-0.39, 0.29) is 6.10 Å². The highest BCUT2D eigenvalue weighted by Crippen LogP contribution is 2.45. The van der Waals surface area contributed by atoms with Crippen molar-refractivity contribution in [2.24, 2.45) is 0 Å². The monoisotopic (exact) mass is 394 g/mol. The summed E-state index contributed by atoms with van der Waals surface area (Å²) < 4.78 is 10.5. The van der Waals surface area contributed by atoms with Gasteiger partial charge in [0.15, 0.2) is 0 Å². The molecule has 2 heterocycles. The van der Waals surface area contributed by atoms with Gasteiger partial charge >= 0.3 is 0 Å². The van der Waals surface area contributed by atoms with Gasteiger partial charge in [0.05, 0.1) is 12.2 Å². The second kappa shape index (κ2) is 10.4. The first kappa shape index (κ1) is 20.6. The van der Waals surface area contributed by atoms with E-state index in [1.165, 1.54) is 54.4 Å². The zero-order chi connectivity index (χ0) is 19.9. The fourth-order valence-electron chi connectivity index (χ4n) is 4.56. The largest absolute Gasteiger partial charge is 0.393 e. The Morgan fingerprint density at radius 1 is 0.724 bits per heavy atom. The van der Waals surface area contributed by atoms with Gasteiger partial charge in [0.25, 0.3) is 0 Å². The zero-order valence-corrected chi connectivity index (χ0v) is 17.4. The Labute approximate surface area is 175 Å². The molecule has 0 aromatic heterocycles. The van der Waals surface area contributed by atoms with E-state index in [1.807, 2.05) is 0 Å². The fourth-order valence-corrected chi connectivity index (χ4v) is 4.56. The molecule has 3 unspecified atom stereocenters. The van der Waals surface area contributed by atoms with E-state index in [4.69, 9.17) is 9.47 Å². The molecule has 6 rings (SSSR count). The first-order valence-corrected chi connectivity index (χ1v) is 11.4. The van der Waals surface area contributed by atoms with Crippen molar-refractivity contribution >= 4 is 0 Å². The predicted molar refractivity (Wildman–Crippen MR) is 116 cm³/mol. The second-order valence-electron chi connectivity index (χ2n) is 8.52. The number of aryl methyl sites for hydroxylation is 2. The maximum Gasteiger partial charge on any atom is 0.109 e. The highest BCUT2D eigenvalue weighted by Gasteiger charge is 2.41. The first-order valence-electron chi connectivity index (χ1n) is 11.4. The Bertz CT molecular complexity index is 758. The van der Waals surface area contributed by atoms with Crippen molar-refractivity contribution < 1.29 is 14.6 Å². The average molecular weight is 395 g/mol. The third-order valence-corrected chi connectivity index (χ3v) is 6.26. The Morgan fingerprint density at radius 3 is 2.14 bits per heavy atom. The highest BCUT2D eigenvalue weighted by molar-refractivity contribution is 5.33. The zero-order valence-electron chi connectivity index (χ0n) is 17.4. The lowest BCUT2D eigenvalue weighted by Crippen LogP contribution is -2.07. The number of aliphatic hydroxyl groups excluding tert-OH is 1.